The van der Waals surface area contributed by atoms with Crippen LogP contribution >= 0.6 is 0 Å². The van der Waals surface area contributed by atoms with Crippen LogP contribution in [-0.2, 0) is 14.9 Å². The van der Waals surface area contributed by atoms with Crippen molar-refractivity contribution in [3.63, 3.8) is 0 Å². The second-order valence-corrected chi connectivity index (χ2v) is 5.29. The fourth-order valence-electron chi connectivity index (χ4n) is 0. The van der Waals surface area contributed by atoms with E-state index in [1.165, 1.54) is 20.8 Å². The minimum Gasteiger partial charge on any atom is -0.545 e. The van der Waals surface area contributed by atoms with Crippen molar-refractivity contribution in [2.24, 2.45) is 0 Å². The molecule has 7 heteroatoms. The van der Waals surface area contributed by atoms with Gasteiger partial charge in [0.2, 0.25) is 0 Å². The summed E-state index contributed by atoms with van der Waals surface area (Å²) in [4.78, 5) is 9.14. The van der Waals surface area contributed by atoms with Gasteiger partial charge in [-0.3, -0.25) is 4.55 Å². The van der Waals surface area contributed by atoms with E-state index < -0.39 is 20.8 Å². The molecule has 0 radical (unpaired) electrons. The minimum atomic E-state index is -3.84. The van der Waals surface area contributed by atoms with Crippen LogP contribution in [-0.4, -0.2) is 23.7 Å². The number of hydrogen-bond acceptors (Lipinski definition) is 4. The molecular weight excluding hydrogens is 219 g/mol. The number of aliphatic carboxylic acids is 1. The maximum atomic E-state index is 10.2. The minimum absolute atomic E-state index is 0. The Hall–Kier alpha value is 0.120. The predicted molar refractivity (Wildman–Crippen MR) is 46.5 cm³/mol. The summed E-state index contributed by atoms with van der Waals surface area (Å²) in [7, 11) is -3.84. The van der Waals surface area contributed by atoms with Crippen molar-refractivity contribution in [3.8, 4) is 0 Å². The van der Waals surface area contributed by atoms with Gasteiger partial charge in [0.05, 0.1) is 10.7 Å². The van der Waals surface area contributed by atoms with Crippen LogP contribution in [0.4, 0.5) is 0 Å². The first kappa shape index (κ1) is 19.7. The van der Waals surface area contributed by atoms with Crippen LogP contribution in [0.3, 0.4) is 0 Å². The molecule has 0 bridgehead atoms. The van der Waals surface area contributed by atoms with Crippen molar-refractivity contribution in [3.05, 3.63) is 12.7 Å². The summed E-state index contributed by atoms with van der Waals surface area (Å²) in [6.45, 7) is 7.20. The molecular formula is C7H13NaO5S. The molecule has 0 rings (SSSR count). The Balaban J connectivity index is -0.000000177. The molecule has 0 aliphatic carbocycles. The van der Waals surface area contributed by atoms with E-state index in [2.05, 4.69) is 6.58 Å². The molecule has 0 fully saturated rings. The van der Waals surface area contributed by atoms with E-state index in [0.29, 0.717) is 0 Å². The molecule has 0 aromatic heterocycles. The third kappa shape index (κ3) is 12.1. The van der Waals surface area contributed by atoms with Crippen molar-refractivity contribution >= 4 is 16.1 Å². The number of hydrogen-bond donors (Lipinski definition) is 1. The van der Waals surface area contributed by atoms with E-state index in [1.54, 1.807) is 0 Å². The van der Waals surface area contributed by atoms with Crippen molar-refractivity contribution in [1.29, 1.82) is 0 Å². The molecule has 0 spiro atoms. The number of carboxylic acid groups (broad SMARTS) is 1. The van der Waals surface area contributed by atoms with Crippen molar-refractivity contribution in [2.45, 2.75) is 25.5 Å². The van der Waals surface area contributed by atoms with Gasteiger partial charge in [-0.25, -0.2) is 0 Å². The third-order valence-corrected chi connectivity index (χ3v) is 2.49. The largest absolute Gasteiger partial charge is 1.00 e. The van der Waals surface area contributed by atoms with E-state index in [0.717, 1.165) is 6.08 Å². The molecule has 0 atom stereocenters. The van der Waals surface area contributed by atoms with Crippen LogP contribution in [0, 0.1) is 0 Å². The molecule has 0 saturated heterocycles. The Bertz CT molecular complexity index is 275. The van der Waals surface area contributed by atoms with Crippen LogP contribution in [0.5, 0.6) is 0 Å². The standard InChI is InChI=1S/C4H10O3S.C3H4O2.Na/c1-4(2,3)8(5,6)7;1-2-3(4)5;/h1-3H3,(H,5,6,7);2H,1H2,(H,4,5);/q;;+1/p-1. The van der Waals surface area contributed by atoms with Crippen molar-refractivity contribution in [1.82, 2.24) is 0 Å². The molecule has 0 aliphatic rings. The molecule has 14 heavy (non-hydrogen) atoms. The zero-order chi connectivity index (χ0) is 11.3. The van der Waals surface area contributed by atoms with Gasteiger partial charge in [-0.05, 0) is 26.8 Å². The SMILES string of the molecule is C=CC(=O)[O-].CC(C)(C)S(=O)(=O)O.[Na+]. The molecule has 0 heterocycles. The maximum absolute atomic E-state index is 10.2. The van der Waals surface area contributed by atoms with Crippen molar-refractivity contribution < 1.29 is 52.4 Å². The van der Waals surface area contributed by atoms with Gasteiger partial charge in [0.1, 0.15) is 0 Å². The predicted octanol–water partition coefficient (Wildman–Crippen LogP) is -3.40. The number of carbonyl (C=O) groups is 1. The summed E-state index contributed by atoms with van der Waals surface area (Å²) >= 11 is 0. The number of rotatable bonds is 1. The number of carbonyl (C=O) groups excluding carboxylic acids is 1. The second kappa shape index (κ2) is 7.42. The second-order valence-electron chi connectivity index (χ2n) is 3.11. The quantitative estimate of drug-likeness (QED) is 0.289. The third-order valence-electron chi connectivity index (χ3n) is 0.941. The van der Waals surface area contributed by atoms with Gasteiger partial charge >= 0.3 is 29.6 Å². The molecule has 0 aromatic carbocycles. The van der Waals surface area contributed by atoms with Gasteiger partial charge in [0, 0.05) is 0 Å². The monoisotopic (exact) mass is 232 g/mol. The normalized spacial score (nSPS) is 10.3. The summed E-state index contributed by atoms with van der Waals surface area (Å²) in [5.74, 6) is -1.23. The summed E-state index contributed by atoms with van der Waals surface area (Å²) in [5.41, 5.74) is 0. The molecule has 0 saturated carbocycles. The van der Waals surface area contributed by atoms with E-state index in [9.17, 15) is 8.42 Å². The Morgan fingerprint density at radius 1 is 1.43 bits per heavy atom. The summed E-state index contributed by atoms with van der Waals surface area (Å²) in [6, 6.07) is 0. The summed E-state index contributed by atoms with van der Waals surface area (Å²) < 4.78 is 27.7. The van der Waals surface area contributed by atoms with E-state index in [-0.39, 0.29) is 29.6 Å². The van der Waals surface area contributed by atoms with Crippen LogP contribution in [0.1, 0.15) is 20.8 Å². The molecule has 1 N–H and O–H groups in total. The van der Waals surface area contributed by atoms with Gasteiger partial charge in [-0.1, -0.05) is 6.58 Å². The Kier molecular flexibility index (Phi) is 10.4. The molecule has 0 aromatic rings. The van der Waals surface area contributed by atoms with Crippen LogP contribution in [0.2, 0.25) is 0 Å². The van der Waals surface area contributed by atoms with E-state index in [1.807, 2.05) is 0 Å². The molecule has 0 amide bonds. The molecule has 78 valence electrons. The van der Waals surface area contributed by atoms with Crippen LogP contribution < -0.4 is 34.7 Å². The first-order chi connectivity index (χ1) is 5.52. The van der Waals surface area contributed by atoms with Crippen LogP contribution in [0.25, 0.3) is 0 Å². The smallest absolute Gasteiger partial charge is 0.545 e. The van der Waals surface area contributed by atoms with E-state index in [4.69, 9.17) is 14.5 Å². The van der Waals surface area contributed by atoms with Gasteiger partial charge in [-0.15, -0.1) is 0 Å². The fourth-order valence-corrected chi connectivity index (χ4v) is 0. The van der Waals surface area contributed by atoms with Crippen molar-refractivity contribution in [2.75, 3.05) is 0 Å². The molecule has 0 aliphatic heterocycles. The van der Waals surface area contributed by atoms with E-state index >= 15 is 0 Å². The zero-order valence-corrected chi connectivity index (χ0v) is 11.6. The average Bonchev–Trinajstić information content (AvgIpc) is 1.84. The summed E-state index contributed by atoms with van der Waals surface area (Å²) in [5, 5.41) is 9.14. The zero-order valence-electron chi connectivity index (χ0n) is 8.77. The molecule has 5 nitrogen and oxygen atoms in total. The first-order valence-electron chi connectivity index (χ1n) is 3.33. The topological polar surface area (TPSA) is 94.5 Å². The van der Waals surface area contributed by atoms with Gasteiger partial charge in [0.25, 0.3) is 10.1 Å². The first-order valence-corrected chi connectivity index (χ1v) is 4.77. The maximum Gasteiger partial charge on any atom is 1.00 e. The van der Waals surface area contributed by atoms with Gasteiger partial charge in [0.15, 0.2) is 0 Å². The Labute approximate surface area is 106 Å². The summed E-state index contributed by atoms with van der Waals surface area (Å²) in [6.07, 6.45) is 0.722. The van der Waals surface area contributed by atoms with Crippen LogP contribution in [0.15, 0.2) is 12.7 Å². The number of carboxylic acids is 1. The molecule has 0 unspecified atom stereocenters. The average molecular weight is 232 g/mol. The fraction of sp³-hybridized carbons (Fsp3) is 0.571. The Morgan fingerprint density at radius 2 is 1.57 bits per heavy atom. The van der Waals surface area contributed by atoms with Gasteiger partial charge in [-0.2, -0.15) is 8.42 Å². The Morgan fingerprint density at radius 3 is 1.57 bits per heavy atom. The van der Waals surface area contributed by atoms with Gasteiger partial charge < -0.3 is 9.90 Å².